The SMILES string of the molecule is CCN(CCO)c1ccc(Nc2ncc(-c3ccc(O)cc3C)n3ccnc23)cc1. The molecule has 7 nitrogen and oxygen atoms in total. The number of aliphatic hydroxyl groups is 1. The first kappa shape index (κ1) is 19.7. The normalized spacial score (nSPS) is 11.0. The van der Waals surface area contributed by atoms with Crippen LogP contribution in [0.3, 0.4) is 0 Å². The first-order chi connectivity index (χ1) is 14.6. The minimum Gasteiger partial charge on any atom is -0.508 e. The molecule has 0 fully saturated rings. The second-order valence-corrected chi connectivity index (χ2v) is 7.09. The van der Waals surface area contributed by atoms with Crippen LogP contribution in [0.15, 0.2) is 61.1 Å². The zero-order valence-corrected chi connectivity index (χ0v) is 17.1. The highest BCUT2D eigenvalue weighted by Crippen LogP contribution is 2.29. The van der Waals surface area contributed by atoms with Crippen molar-refractivity contribution in [3.63, 3.8) is 0 Å². The maximum absolute atomic E-state index is 9.71. The standard InChI is InChI=1S/C23H25N5O2/c1-3-27(12-13-29)18-6-4-17(5-7-18)26-22-23-24-10-11-28(23)21(15-25-22)20-9-8-19(30)14-16(20)2/h4-11,14-15,29-30H,3,12-13H2,1-2H3,(H,25,26). The highest BCUT2D eigenvalue weighted by atomic mass is 16.3. The highest BCUT2D eigenvalue weighted by Gasteiger charge is 2.13. The summed E-state index contributed by atoms with van der Waals surface area (Å²) in [5.41, 5.74) is 5.55. The Hall–Kier alpha value is -3.58. The van der Waals surface area contributed by atoms with Crippen LogP contribution < -0.4 is 10.2 Å². The molecule has 0 bridgehead atoms. The van der Waals surface area contributed by atoms with E-state index < -0.39 is 0 Å². The molecular weight excluding hydrogens is 378 g/mol. The number of aromatic nitrogens is 3. The third kappa shape index (κ3) is 3.79. The number of nitrogens with one attached hydrogen (secondary N) is 1. The van der Waals surface area contributed by atoms with Crippen LogP contribution in [0.4, 0.5) is 17.2 Å². The van der Waals surface area contributed by atoms with E-state index in [1.165, 1.54) is 0 Å². The topological polar surface area (TPSA) is 85.9 Å². The molecule has 0 unspecified atom stereocenters. The maximum Gasteiger partial charge on any atom is 0.180 e. The first-order valence-electron chi connectivity index (χ1n) is 9.95. The number of phenols is 1. The van der Waals surface area contributed by atoms with Crippen molar-refractivity contribution in [1.82, 2.24) is 14.4 Å². The Morgan fingerprint density at radius 1 is 1.10 bits per heavy atom. The molecule has 4 aromatic rings. The summed E-state index contributed by atoms with van der Waals surface area (Å²) in [6, 6.07) is 13.3. The quantitative estimate of drug-likeness (QED) is 0.433. The van der Waals surface area contributed by atoms with Crippen molar-refractivity contribution in [3.05, 3.63) is 66.6 Å². The van der Waals surface area contributed by atoms with E-state index in [4.69, 9.17) is 0 Å². The van der Waals surface area contributed by atoms with Crippen LogP contribution in [0.1, 0.15) is 12.5 Å². The molecule has 0 aliphatic rings. The number of hydrogen-bond acceptors (Lipinski definition) is 6. The average Bonchev–Trinajstić information content (AvgIpc) is 3.24. The number of rotatable bonds is 7. The second kappa shape index (κ2) is 8.42. The number of nitrogens with zero attached hydrogens (tertiary/aromatic N) is 4. The molecule has 2 heterocycles. The number of benzene rings is 2. The lowest BCUT2D eigenvalue weighted by molar-refractivity contribution is 0.302. The molecule has 0 aliphatic heterocycles. The number of phenolic OH excluding ortho intramolecular Hbond substituents is 1. The van der Waals surface area contributed by atoms with Crippen LogP contribution in [0, 0.1) is 6.92 Å². The zero-order chi connectivity index (χ0) is 21.1. The number of likely N-dealkylation sites (N-methyl/N-ethyl adjacent to an activating group) is 1. The third-order valence-corrected chi connectivity index (χ3v) is 5.16. The van der Waals surface area contributed by atoms with Crippen molar-refractivity contribution in [2.24, 2.45) is 0 Å². The Morgan fingerprint density at radius 2 is 1.90 bits per heavy atom. The summed E-state index contributed by atoms with van der Waals surface area (Å²) >= 11 is 0. The molecule has 2 aromatic carbocycles. The predicted molar refractivity (Wildman–Crippen MR) is 120 cm³/mol. The molecule has 0 saturated carbocycles. The van der Waals surface area contributed by atoms with Crippen molar-refractivity contribution in [2.45, 2.75) is 13.8 Å². The van der Waals surface area contributed by atoms with Gasteiger partial charge >= 0.3 is 0 Å². The summed E-state index contributed by atoms with van der Waals surface area (Å²) < 4.78 is 1.99. The van der Waals surface area contributed by atoms with Crippen molar-refractivity contribution in [1.29, 1.82) is 0 Å². The van der Waals surface area contributed by atoms with Gasteiger partial charge in [-0.25, -0.2) is 9.97 Å². The molecule has 0 spiro atoms. The van der Waals surface area contributed by atoms with E-state index in [1.807, 2.05) is 54.0 Å². The number of anilines is 3. The molecule has 2 aromatic heterocycles. The Kier molecular flexibility index (Phi) is 5.54. The van der Waals surface area contributed by atoms with Crippen LogP contribution in [-0.4, -0.2) is 44.3 Å². The molecule has 4 rings (SSSR count). The number of fused-ring (bicyclic) bond motifs is 1. The Bertz CT molecular complexity index is 1150. The van der Waals surface area contributed by atoms with E-state index in [-0.39, 0.29) is 12.4 Å². The van der Waals surface area contributed by atoms with E-state index >= 15 is 0 Å². The van der Waals surface area contributed by atoms with Gasteiger partial charge in [0, 0.05) is 42.4 Å². The lowest BCUT2D eigenvalue weighted by atomic mass is 10.1. The fourth-order valence-corrected chi connectivity index (χ4v) is 3.62. The minimum absolute atomic E-state index is 0.127. The summed E-state index contributed by atoms with van der Waals surface area (Å²) in [4.78, 5) is 11.2. The van der Waals surface area contributed by atoms with E-state index in [2.05, 4.69) is 27.1 Å². The number of aromatic hydroxyl groups is 1. The van der Waals surface area contributed by atoms with Crippen LogP contribution in [-0.2, 0) is 0 Å². The Balaban J connectivity index is 1.64. The highest BCUT2D eigenvalue weighted by molar-refractivity contribution is 5.75. The predicted octanol–water partition coefficient (Wildman–Crippen LogP) is 3.97. The van der Waals surface area contributed by atoms with Crippen molar-refractivity contribution in [3.8, 4) is 17.0 Å². The monoisotopic (exact) mass is 403 g/mol. The van der Waals surface area contributed by atoms with E-state index in [0.717, 1.165) is 40.4 Å². The molecular formula is C23H25N5O2. The average molecular weight is 403 g/mol. The van der Waals surface area contributed by atoms with Gasteiger partial charge in [-0.3, -0.25) is 4.40 Å². The molecule has 0 saturated heterocycles. The first-order valence-corrected chi connectivity index (χ1v) is 9.95. The summed E-state index contributed by atoms with van der Waals surface area (Å²) in [7, 11) is 0. The number of imidazole rings is 1. The van der Waals surface area contributed by atoms with Gasteiger partial charge in [0.2, 0.25) is 0 Å². The van der Waals surface area contributed by atoms with Gasteiger partial charge in [0.05, 0.1) is 18.5 Å². The van der Waals surface area contributed by atoms with Gasteiger partial charge in [0.25, 0.3) is 0 Å². The van der Waals surface area contributed by atoms with Crippen LogP contribution >= 0.6 is 0 Å². The van der Waals surface area contributed by atoms with Gasteiger partial charge in [-0.2, -0.15) is 0 Å². The summed E-state index contributed by atoms with van der Waals surface area (Å²) in [6.07, 6.45) is 5.46. The Morgan fingerprint density at radius 3 is 2.60 bits per heavy atom. The van der Waals surface area contributed by atoms with Gasteiger partial charge in [0.15, 0.2) is 11.5 Å². The largest absolute Gasteiger partial charge is 0.508 e. The fraction of sp³-hybridized carbons (Fsp3) is 0.217. The lowest BCUT2D eigenvalue weighted by Gasteiger charge is -2.22. The zero-order valence-electron chi connectivity index (χ0n) is 17.1. The van der Waals surface area contributed by atoms with Gasteiger partial charge in [-0.1, -0.05) is 0 Å². The lowest BCUT2D eigenvalue weighted by Crippen LogP contribution is -2.25. The number of hydrogen-bond donors (Lipinski definition) is 3. The third-order valence-electron chi connectivity index (χ3n) is 5.16. The van der Waals surface area contributed by atoms with Gasteiger partial charge in [-0.05, 0) is 61.9 Å². The van der Waals surface area contributed by atoms with E-state index in [9.17, 15) is 10.2 Å². The molecule has 0 atom stereocenters. The molecule has 7 heteroatoms. The van der Waals surface area contributed by atoms with Crippen molar-refractivity contribution >= 4 is 22.8 Å². The smallest absolute Gasteiger partial charge is 0.180 e. The molecule has 154 valence electrons. The molecule has 3 N–H and O–H groups in total. The molecule has 0 amide bonds. The van der Waals surface area contributed by atoms with Gasteiger partial charge in [-0.15, -0.1) is 0 Å². The number of aliphatic hydroxyl groups excluding tert-OH is 1. The summed E-state index contributed by atoms with van der Waals surface area (Å²) in [5, 5.41) is 22.3. The van der Waals surface area contributed by atoms with E-state index in [0.29, 0.717) is 12.4 Å². The second-order valence-electron chi connectivity index (χ2n) is 7.09. The van der Waals surface area contributed by atoms with Gasteiger partial charge in [0.1, 0.15) is 5.75 Å². The van der Waals surface area contributed by atoms with Crippen molar-refractivity contribution in [2.75, 3.05) is 29.9 Å². The Labute approximate surface area is 175 Å². The summed E-state index contributed by atoms with van der Waals surface area (Å²) in [6.45, 7) is 5.60. The van der Waals surface area contributed by atoms with Crippen LogP contribution in [0.2, 0.25) is 0 Å². The molecule has 30 heavy (non-hydrogen) atoms. The van der Waals surface area contributed by atoms with Crippen LogP contribution in [0.5, 0.6) is 5.75 Å². The maximum atomic E-state index is 9.71. The number of aryl methyl sites for hydroxylation is 1. The fourth-order valence-electron chi connectivity index (χ4n) is 3.62. The van der Waals surface area contributed by atoms with Crippen LogP contribution in [0.25, 0.3) is 16.9 Å². The van der Waals surface area contributed by atoms with E-state index in [1.54, 1.807) is 18.3 Å². The minimum atomic E-state index is 0.127. The molecule has 0 radical (unpaired) electrons. The van der Waals surface area contributed by atoms with Gasteiger partial charge < -0.3 is 20.4 Å². The molecule has 0 aliphatic carbocycles. The van der Waals surface area contributed by atoms with Crippen molar-refractivity contribution < 1.29 is 10.2 Å². The summed E-state index contributed by atoms with van der Waals surface area (Å²) in [5.74, 6) is 0.907.